The van der Waals surface area contributed by atoms with E-state index >= 15 is 0 Å². The first-order chi connectivity index (χ1) is 12.0. The van der Waals surface area contributed by atoms with Crippen molar-refractivity contribution in [2.45, 2.75) is 30.7 Å². The zero-order valence-electron chi connectivity index (χ0n) is 14.1. The number of nitrogens with zero attached hydrogens (tertiary/aromatic N) is 2. The van der Waals surface area contributed by atoms with Gasteiger partial charge in [-0.2, -0.15) is 0 Å². The Morgan fingerprint density at radius 3 is 2.64 bits per heavy atom. The van der Waals surface area contributed by atoms with Gasteiger partial charge in [-0.25, -0.2) is 0 Å². The van der Waals surface area contributed by atoms with E-state index in [-0.39, 0.29) is 17.6 Å². The van der Waals surface area contributed by atoms with Crippen LogP contribution in [0.5, 0.6) is 5.75 Å². The van der Waals surface area contributed by atoms with E-state index < -0.39 is 6.10 Å². The summed E-state index contributed by atoms with van der Waals surface area (Å²) in [6.07, 6.45) is -0.111. The summed E-state index contributed by atoms with van der Waals surface area (Å²) in [7, 11) is 1.33. The zero-order chi connectivity index (χ0) is 18.2. The Hall–Kier alpha value is -2.13. The van der Waals surface area contributed by atoms with Crippen LogP contribution < -0.4 is 10.1 Å². The van der Waals surface area contributed by atoms with Gasteiger partial charge in [0.1, 0.15) is 5.75 Å². The van der Waals surface area contributed by atoms with Gasteiger partial charge in [-0.15, -0.1) is 10.2 Å². The number of methoxy groups -OCH3 is 1. The largest absolute Gasteiger partial charge is 0.481 e. The molecular formula is C16H19N3O4S2. The number of hydrogen-bond acceptors (Lipinski definition) is 8. The van der Waals surface area contributed by atoms with Gasteiger partial charge in [-0.1, -0.05) is 47.7 Å². The second kappa shape index (κ2) is 9.38. The summed E-state index contributed by atoms with van der Waals surface area (Å²) >= 11 is 2.40. The van der Waals surface area contributed by atoms with Gasteiger partial charge >= 0.3 is 5.97 Å². The molecule has 1 unspecified atom stereocenters. The average molecular weight is 381 g/mol. The number of benzene rings is 1. The van der Waals surface area contributed by atoms with Crippen LogP contribution in [-0.4, -0.2) is 41.0 Å². The molecule has 1 aromatic carbocycles. The van der Waals surface area contributed by atoms with E-state index in [4.69, 9.17) is 4.74 Å². The molecule has 1 amide bonds. The summed E-state index contributed by atoms with van der Waals surface area (Å²) in [5, 5.41) is 10.9. The van der Waals surface area contributed by atoms with E-state index in [2.05, 4.69) is 20.3 Å². The molecule has 0 radical (unpaired) electrons. The number of carbonyl (C=O) groups is 2. The van der Waals surface area contributed by atoms with Crippen molar-refractivity contribution in [2.75, 3.05) is 18.2 Å². The molecule has 0 fully saturated rings. The van der Waals surface area contributed by atoms with E-state index in [1.165, 1.54) is 30.2 Å². The van der Waals surface area contributed by atoms with Crippen molar-refractivity contribution in [1.82, 2.24) is 10.2 Å². The fourth-order valence-corrected chi connectivity index (χ4v) is 3.37. The van der Waals surface area contributed by atoms with Crippen molar-refractivity contribution in [3.63, 3.8) is 0 Å². The molecule has 1 N–H and O–H groups in total. The van der Waals surface area contributed by atoms with Gasteiger partial charge in [-0.05, 0) is 25.5 Å². The number of aryl methyl sites for hydroxylation is 1. The van der Waals surface area contributed by atoms with Gasteiger partial charge < -0.3 is 9.47 Å². The monoisotopic (exact) mass is 381 g/mol. The third-order valence-electron chi connectivity index (χ3n) is 3.14. The summed E-state index contributed by atoms with van der Waals surface area (Å²) < 4.78 is 10.9. The minimum atomic E-state index is -0.627. The lowest BCUT2D eigenvalue weighted by atomic mass is 10.2. The zero-order valence-corrected chi connectivity index (χ0v) is 15.8. The number of nitrogens with one attached hydrogen (secondary N) is 1. The van der Waals surface area contributed by atoms with Gasteiger partial charge in [0.05, 0.1) is 12.9 Å². The molecular weight excluding hydrogens is 362 g/mol. The number of anilines is 1. The number of hydrogen-bond donors (Lipinski definition) is 1. The first-order valence-corrected chi connectivity index (χ1v) is 9.39. The Kier molecular flexibility index (Phi) is 7.20. The number of thioether (sulfide) groups is 1. The fourth-order valence-electron chi connectivity index (χ4n) is 1.79. The first-order valence-electron chi connectivity index (χ1n) is 7.59. The maximum atomic E-state index is 12.4. The Bertz CT molecular complexity index is 718. The van der Waals surface area contributed by atoms with Crippen LogP contribution in [0, 0.1) is 6.92 Å². The van der Waals surface area contributed by atoms with Crippen molar-refractivity contribution >= 4 is 40.1 Å². The highest BCUT2D eigenvalue weighted by molar-refractivity contribution is 8.01. The molecule has 9 heteroatoms. The lowest BCUT2D eigenvalue weighted by molar-refractivity contribution is -0.137. The summed E-state index contributed by atoms with van der Waals surface area (Å²) in [6, 6.07) is 7.51. The molecule has 134 valence electrons. The lowest BCUT2D eigenvalue weighted by Crippen LogP contribution is -2.32. The van der Waals surface area contributed by atoms with Gasteiger partial charge in [-0.3, -0.25) is 14.9 Å². The molecule has 2 aromatic rings. The predicted octanol–water partition coefficient (Wildman–Crippen LogP) is 2.91. The van der Waals surface area contributed by atoms with Gasteiger partial charge in [0.2, 0.25) is 5.13 Å². The highest BCUT2D eigenvalue weighted by atomic mass is 32.2. The Labute approximate surface area is 154 Å². The molecule has 0 aliphatic carbocycles. The molecule has 0 bridgehead atoms. The Balaban J connectivity index is 1.91. The predicted molar refractivity (Wildman–Crippen MR) is 97.2 cm³/mol. The topological polar surface area (TPSA) is 90.4 Å². The van der Waals surface area contributed by atoms with Crippen molar-refractivity contribution < 1.29 is 19.1 Å². The number of amides is 1. The minimum absolute atomic E-state index is 0.146. The summed E-state index contributed by atoms with van der Waals surface area (Å²) in [4.78, 5) is 23.5. The second-order valence-corrected chi connectivity index (χ2v) is 7.25. The minimum Gasteiger partial charge on any atom is -0.481 e. The third kappa shape index (κ3) is 6.02. The van der Waals surface area contributed by atoms with Crippen molar-refractivity contribution in [1.29, 1.82) is 0 Å². The molecule has 0 saturated heterocycles. The van der Waals surface area contributed by atoms with E-state index in [1.807, 2.05) is 38.1 Å². The number of aromatic nitrogens is 2. The van der Waals surface area contributed by atoms with Crippen molar-refractivity contribution in [3.8, 4) is 5.75 Å². The van der Waals surface area contributed by atoms with E-state index in [1.54, 1.807) is 0 Å². The van der Waals surface area contributed by atoms with Crippen molar-refractivity contribution in [3.05, 3.63) is 29.8 Å². The highest BCUT2D eigenvalue weighted by Crippen LogP contribution is 2.26. The van der Waals surface area contributed by atoms with Gasteiger partial charge in [0, 0.05) is 0 Å². The summed E-state index contributed by atoms with van der Waals surface area (Å²) in [5.74, 6) is 0.152. The molecule has 7 nitrogen and oxygen atoms in total. The quantitative estimate of drug-likeness (QED) is 0.427. The second-order valence-electron chi connectivity index (χ2n) is 5.05. The Morgan fingerprint density at radius 1 is 1.28 bits per heavy atom. The molecule has 25 heavy (non-hydrogen) atoms. The summed E-state index contributed by atoms with van der Waals surface area (Å²) in [6.45, 7) is 3.86. The Morgan fingerprint density at radius 2 is 2.00 bits per heavy atom. The lowest BCUT2D eigenvalue weighted by Gasteiger charge is -2.16. The molecule has 0 aliphatic heterocycles. The van der Waals surface area contributed by atoms with Gasteiger partial charge in [0.15, 0.2) is 10.4 Å². The first kappa shape index (κ1) is 19.2. The van der Waals surface area contributed by atoms with Gasteiger partial charge in [0.25, 0.3) is 5.91 Å². The summed E-state index contributed by atoms with van der Waals surface area (Å²) in [5.41, 5.74) is 1.12. The molecule has 1 aromatic heterocycles. The molecule has 0 aliphatic rings. The smallest absolute Gasteiger partial charge is 0.316 e. The van der Waals surface area contributed by atoms with Crippen LogP contribution in [0.25, 0.3) is 0 Å². The number of carbonyl (C=O) groups excluding carboxylic acids is 2. The van der Waals surface area contributed by atoms with Crippen LogP contribution in [0.3, 0.4) is 0 Å². The van der Waals surface area contributed by atoms with E-state index in [0.29, 0.717) is 21.6 Å². The molecule has 1 atom stereocenters. The highest BCUT2D eigenvalue weighted by Gasteiger charge is 2.20. The normalized spacial score (nSPS) is 11.6. The molecule has 0 spiro atoms. The molecule has 1 heterocycles. The fraction of sp³-hybridized carbons (Fsp3) is 0.375. The number of ether oxygens (including phenoxy) is 2. The SMILES string of the molecule is CCC(Oc1ccc(C)cc1)C(=O)Nc1nnc(SCC(=O)OC)s1. The number of rotatable bonds is 8. The maximum absolute atomic E-state index is 12.4. The van der Waals surface area contributed by atoms with E-state index in [9.17, 15) is 9.59 Å². The maximum Gasteiger partial charge on any atom is 0.316 e. The van der Waals surface area contributed by atoms with Crippen LogP contribution >= 0.6 is 23.1 Å². The number of esters is 1. The average Bonchev–Trinajstić information content (AvgIpc) is 3.06. The standard InChI is InChI=1S/C16H19N3O4S2/c1-4-12(23-11-7-5-10(2)6-8-11)14(21)17-15-18-19-16(25-15)24-9-13(20)22-3/h5-8,12H,4,9H2,1-3H3,(H,17,18,21). The van der Waals surface area contributed by atoms with Crippen LogP contribution in [0.2, 0.25) is 0 Å². The molecule has 0 saturated carbocycles. The van der Waals surface area contributed by atoms with Crippen LogP contribution in [0.1, 0.15) is 18.9 Å². The van der Waals surface area contributed by atoms with Crippen LogP contribution in [0.15, 0.2) is 28.6 Å². The van der Waals surface area contributed by atoms with Crippen LogP contribution in [-0.2, 0) is 14.3 Å². The third-order valence-corrected chi connectivity index (χ3v) is 5.09. The molecule has 2 rings (SSSR count). The van der Waals surface area contributed by atoms with E-state index in [0.717, 1.165) is 5.56 Å². The van der Waals surface area contributed by atoms with Crippen molar-refractivity contribution in [2.24, 2.45) is 0 Å². The van der Waals surface area contributed by atoms with Crippen LogP contribution in [0.4, 0.5) is 5.13 Å².